The van der Waals surface area contributed by atoms with Crippen LogP contribution in [-0.4, -0.2) is 15.9 Å². The van der Waals surface area contributed by atoms with Gasteiger partial charge in [-0.25, -0.2) is 0 Å². The van der Waals surface area contributed by atoms with Crippen LogP contribution < -0.4 is 5.32 Å². The molecular weight excluding hydrogens is 264 g/mol. The Morgan fingerprint density at radius 3 is 2.95 bits per heavy atom. The molecule has 5 nitrogen and oxygen atoms in total. The standard InChI is InChI=1S/C16H16N4O/c1-10-3-2-4-13(19-10)15(12-5-6-12)20-16(21)14-7-11(8-17)9-18-14/h2-4,7,9,12,15,18H,5-6H2,1H3,(H,20,21). The van der Waals surface area contributed by atoms with Gasteiger partial charge in [-0.05, 0) is 43.9 Å². The molecule has 0 radical (unpaired) electrons. The van der Waals surface area contributed by atoms with Crippen LogP contribution in [0.4, 0.5) is 0 Å². The number of aromatic nitrogens is 2. The summed E-state index contributed by atoms with van der Waals surface area (Å²) in [5, 5.41) is 11.8. The molecule has 1 saturated carbocycles. The van der Waals surface area contributed by atoms with Crippen LogP contribution in [0.5, 0.6) is 0 Å². The number of nitrogens with zero attached hydrogens (tertiary/aromatic N) is 2. The number of pyridine rings is 1. The van der Waals surface area contributed by atoms with E-state index in [9.17, 15) is 4.79 Å². The zero-order valence-electron chi connectivity index (χ0n) is 11.8. The molecule has 2 N–H and O–H groups in total. The maximum Gasteiger partial charge on any atom is 0.268 e. The van der Waals surface area contributed by atoms with E-state index in [2.05, 4.69) is 15.3 Å². The molecule has 5 heteroatoms. The Labute approximate surface area is 123 Å². The number of aromatic amines is 1. The summed E-state index contributed by atoms with van der Waals surface area (Å²) in [6.07, 6.45) is 3.75. The second-order valence-corrected chi connectivity index (χ2v) is 5.41. The number of hydrogen-bond donors (Lipinski definition) is 2. The Kier molecular flexibility index (Phi) is 3.44. The number of rotatable bonds is 4. The second-order valence-electron chi connectivity index (χ2n) is 5.41. The minimum absolute atomic E-state index is 0.0637. The third-order valence-corrected chi connectivity index (χ3v) is 3.67. The van der Waals surface area contributed by atoms with E-state index >= 15 is 0 Å². The lowest BCUT2D eigenvalue weighted by atomic mass is 10.1. The summed E-state index contributed by atoms with van der Waals surface area (Å²) in [5.41, 5.74) is 2.71. The molecule has 0 saturated heterocycles. The summed E-state index contributed by atoms with van der Waals surface area (Å²) >= 11 is 0. The van der Waals surface area contributed by atoms with Gasteiger partial charge in [0.15, 0.2) is 0 Å². The first-order valence-electron chi connectivity index (χ1n) is 7.00. The Balaban J connectivity index is 1.79. The fourth-order valence-electron chi connectivity index (χ4n) is 2.41. The molecule has 0 aromatic carbocycles. The highest BCUT2D eigenvalue weighted by Crippen LogP contribution is 2.40. The number of carbonyl (C=O) groups is 1. The van der Waals surface area contributed by atoms with Crippen LogP contribution in [0.2, 0.25) is 0 Å². The number of nitriles is 1. The van der Waals surface area contributed by atoms with Gasteiger partial charge in [-0.3, -0.25) is 9.78 Å². The van der Waals surface area contributed by atoms with E-state index < -0.39 is 0 Å². The van der Waals surface area contributed by atoms with Gasteiger partial charge in [-0.1, -0.05) is 6.07 Å². The van der Waals surface area contributed by atoms with E-state index in [1.165, 1.54) is 6.20 Å². The van der Waals surface area contributed by atoms with Crippen molar-refractivity contribution in [3.8, 4) is 6.07 Å². The van der Waals surface area contributed by atoms with Crippen LogP contribution >= 0.6 is 0 Å². The van der Waals surface area contributed by atoms with Gasteiger partial charge in [0.2, 0.25) is 0 Å². The van der Waals surface area contributed by atoms with E-state index in [0.717, 1.165) is 24.2 Å². The second kappa shape index (κ2) is 5.41. The van der Waals surface area contributed by atoms with Crippen LogP contribution in [0.3, 0.4) is 0 Å². The van der Waals surface area contributed by atoms with Crippen molar-refractivity contribution in [2.24, 2.45) is 5.92 Å². The summed E-state index contributed by atoms with van der Waals surface area (Å²) in [6, 6.07) is 9.35. The van der Waals surface area contributed by atoms with E-state index in [0.29, 0.717) is 17.2 Å². The summed E-state index contributed by atoms with van der Waals surface area (Å²) in [6.45, 7) is 1.94. The van der Waals surface area contributed by atoms with Crippen molar-refractivity contribution in [2.45, 2.75) is 25.8 Å². The van der Waals surface area contributed by atoms with Gasteiger partial charge in [0.05, 0.1) is 17.3 Å². The highest BCUT2D eigenvalue weighted by atomic mass is 16.1. The number of hydrogen-bond acceptors (Lipinski definition) is 3. The first-order valence-corrected chi connectivity index (χ1v) is 7.00. The van der Waals surface area contributed by atoms with E-state index in [-0.39, 0.29) is 11.9 Å². The van der Waals surface area contributed by atoms with E-state index in [1.54, 1.807) is 6.07 Å². The molecule has 2 aromatic rings. The fraction of sp³-hybridized carbons (Fsp3) is 0.312. The van der Waals surface area contributed by atoms with Crippen molar-refractivity contribution in [1.29, 1.82) is 5.26 Å². The first-order chi connectivity index (χ1) is 10.2. The number of aryl methyl sites for hydroxylation is 1. The molecule has 1 aliphatic carbocycles. The van der Waals surface area contributed by atoms with Gasteiger partial charge in [-0.15, -0.1) is 0 Å². The molecule has 3 rings (SSSR count). The lowest BCUT2D eigenvalue weighted by molar-refractivity contribution is 0.0926. The summed E-state index contributed by atoms with van der Waals surface area (Å²) in [7, 11) is 0. The lowest BCUT2D eigenvalue weighted by Crippen LogP contribution is -2.30. The molecule has 1 amide bonds. The molecule has 1 atom stereocenters. The van der Waals surface area contributed by atoms with Crippen LogP contribution in [-0.2, 0) is 0 Å². The molecular formula is C16H16N4O. The molecule has 0 bridgehead atoms. The maximum absolute atomic E-state index is 12.3. The summed E-state index contributed by atoms with van der Waals surface area (Å²) < 4.78 is 0. The van der Waals surface area contributed by atoms with Crippen molar-refractivity contribution in [2.75, 3.05) is 0 Å². The molecule has 21 heavy (non-hydrogen) atoms. The Bertz CT molecular complexity index is 709. The van der Waals surface area contributed by atoms with E-state index in [1.807, 2.05) is 31.2 Å². The molecule has 0 spiro atoms. The zero-order valence-corrected chi connectivity index (χ0v) is 11.8. The highest BCUT2D eigenvalue weighted by Gasteiger charge is 2.34. The average molecular weight is 280 g/mol. The maximum atomic E-state index is 12.3. The van der Waals surface area contributed by atoms with Gasteiger partial charge < -0.3 is 10.3 Å². The number of carbonyl (C=O) groups excluding carboxylic acids is 1. The quantitative estimate of drug-likeness (QED) is 0.902. The summed E-state index contributed by atoms with van der Waals surface area (Å²) in [5.74, 6) is 0.255. The van der Waals surface area contributed by atoms with Crippen molar-refractivity contribution in [3.63, 3.8) is 0 Å². The van der Waals surface area contributed by atoms with Crippen LogP contribution in [0.25, 0.3) is 0 Å². The monoisotopic (exact) mass is 280 g/mol. The predicted molar refractivity (Wildman–Crippen MR) is 77.4 cm³/mol. The molecule has 1 aliphatic rings. The average Bonchev–Trinajstić information content (AvgIpc) is 3.20. The topological polar surface area (TPSA) is 81.6 Å². The smallest absolute Gasteiger partial charge is 0.268 e. The van der Waals surface area contributed by atoms with Crippen molar-refractivity contribution < 1.29 is 4.79 Å². The Morgan fingerprint density at radius 2 is 2.33 bits per heavy atom. The van der Waals surface area contributed by atoms with Crippen molar-refractivity contribution in [3.05, 3.63) is 53.1 Å². The van der Waals surface area contributed by atoms with Gasteiger partial charge in [0, 0.05) is 11.9 Å². The third-order valence-electron chi connectivity index (χ3n) is 3.67. The highest BCUT2D eigenvalue weighted by molar-refractivity contribution is 5.93. The van der Waals surface area contributed by atoms with Gasteiger partial charge in [0.1, 0.15) is 11.8 Å². The minimum Gasteiger partial charge on any atom is -0.356 e. The molecule has 0 aliphatic heterocycles. The molecule has 1 unspecified atom stereocenters. The molecule has 2 aromatic heterocycles. The largest absolute Gasteiger partial charge is 0.356 e. The summed E-state index contributed by atoms with van der Waals surface area (Å²) in [4.78, 5) is 19.6. The minimum atomic E-state index is -0.197. The SMILES string of the molecule is Cc1cccc(C(NC(=O)c2cc(C#N)c[nH]2)C2CC2)n1. The molecule has 106 valence electrons. The van der Waals surface area contributed by atoms with Crippen LogP contribution in [0.15, 0.2) is 30.5 Å². The first kappa shape index (κ1) is 13.4. The molecule has 1 fully saturated rings. The number of amides is 1. The van der Waals surface area contributed by atoms with Crippen molar-refractivity contribution >= 4 is 5.91 Å². The van der Waals surface area contributed by atoms with Crippen molar-refractivity contribution in [1.82, 2.24) is 15.3 Å². The number of nitrogens with one attached hydrogen (secondary N) is 2. The van der Waals surface area contributed by atoms with Gasteiger partial charge >= 0.3 is 0 Å². The normalized spacial score (nSPS) is 15.2. The lowest BCUT2D eigenvalue weighted by Gasteiger charge is -2.17. The fourth-order valence-corrected chi connectivity index (χ4v) is 2.41. The van der Waals surface area contributed by atoms with Gasteiger partial charge in [-0.2, -0.15) is 5.26 Å². The van der Waals surface area contributed by atoms with Crippen LogP contribution in [0.1, 0.15) is 46.3 Å². The molecule has 2 heterocycles. The van der Waals surface area contributed by atoms with E-state index in [4.69, 9.17) is 5.26 Å². The third kappa shape index (κ3) is 2.95. The number of H-pyrrole nitrogens is 1. The zero-order chi connectivity index (χ0) is 14.8. The van der Waals surface area contributed by atoms with Gasteiger partial charge in [0.25, 0.3) is 5.91 Å². The predicted octanol–water partition coefficient (Wildman–Crippen LogP) is 2.47. The van der Waals surface area contributed by atoms with Crippen LogP contribution in [0, 0.1) is 24.2 Å². The Hall–Kier alpha value is -2.61. The Morgan fingerprint density at radius 1 is 1.52 bits per heavy atom.